The maximum Gasteiger partial charge on any atom is 0.244 e. The molecule has 0 bridgehead atoms. The normalized spacial score (nSPS) is 12.3. The Balaban J connectivity index is 1.94. The summed E-state index contributed by atoms with van der Waals surface area (Å²) in [5.41, 5.74) is 3.03. The molecule has 2 aromatic rings. The van der Waals surface area contributed by atoms with E-state index in [-0.39, 0.29) is 17.8 Å². The molecular formula is C18H18FNO. The van der Waals surface area contributed by atoms with E-state index in [0.717, 1.165) is 11.1 Å². The van der Waals surface area contributed by atoms with Crippen LogP contribution in [0, 0.1) is 12.7 Å². The quantitative estimate of drug-likeness (QED) is 0.843. The molecule has 0 unspecified atom stereocenters. The van der Waals surface area contributed by atoms with Gasteiger partial charge in [-0.1, -0.05) is 42.0 Å². The maximum atomic E-state index is 12.9. The number of aryl methyl sites for hydroxylation is 1. The van der Waals surface area contributed by atoms with Gasteiger partial charge in [-0.25, -0.2) is 4.39 Å². The van der Waals surface area contributed by atoms with Crippen molar-refractivity contribution in [3.05, 3.63) is 77.1 Å². The van der Waals surface area contributed by atoms with Gasteiger partial charge in [0.25, 0.3) is 0 Å². The molecule has 0 spiro atoms. The molecule has 0 aliphatic heterocycles. The molecule has 2 aromatic carbocycles. The number of nitrogens with one attached hydrogen (secondary N) is 1. The van der Waals surface area contributed by atoms with Crippen molar-refractivity contribution in [2.45, 2.75) is 19.9 Å². The Labute approximate surface area is 124 Å². The summed E-state index contributed by atoms with van der Waals surface area (Å²) >= 11 is 0. The fraction of sp³-hybridized carbons (Fsp3) is 0.167. The molecule has 0 heterocycles. The summed E-state index contributed by atoms with van der Waals surface area (Å²) in [4.78, 5) is 11.9. The van der Waals surface area contributed by atoms with Crippen LogP contribution in [0.4, 0.5) is 4.39 Å². The summed E-state index contributed by atoms with van der Waals surface area (Å²) in [5, 5.41) is 2.85. The zero-order valence-corrected chi connectivity index (χ0v) is 12.1. The van der Waals surface area contributed by atoms with Crippen LogP contribution in [0.15, 0.2) is 54.6 Å². The first-order valence-electron chi connectivity index (χ1n) is 6.85. The van der Waals surface area contributed by atoms with E-state index in [9.17, 15) is 9.18 Å². The lowest BCUT2D eigenvalue weighted by molar-refractivity contribution is -0.117. The molecule has 3 heteroatoms. The average molecular weight is 283 g/mol. The zero-order valence-electron chi connectivity index (χ0n) is 12.1. The van der Waals surface area contributed by atoms with Gasteiger partial charge in [-0.3, -0.25) is 4.79 Å². The number of carbonyl (C=O) groups is 1. The third-order valence-electron chi connectivity index (χ3n) is 3.23. The van der Waals surface area contributed by atoms with Crippen molar-refractivity contribution < 1.29 is 9.18 Å². The Hall–Kier alpha value is -2.42. The van der Waals surface area contributed by atoms with Gasteiger partial charge in [0, 0.05) is 6.08 Å². The molecule has 21 heavy (non-hydrogen) atoms. The highest BCUT2D eigenvalue weighted by Crippen LogP contribution is 2.13. The Kier molecular flexibility index (Phi) is 4.88. The number of hydrogen-bond acceptors (Lipinski definition) is 1. The van der Waals surface area contributed by atoms with Gasteiger partial charge in [0.05, 0.1) is 6.04 Å². The van der Waals surface area contributed by atoms with Gasteiger partial charge in [0.1, 0.15) is 5.82 Å². The van der Waals surface area contributed by atoms with E-state index in [1.165, 1.54) is 23.8 Å². The molecule has 1 amide bonds. The van der Waals surface area contributed by atoms with Crippen molar-refractivity contribution in [1.29, 1.82) is 0 Å². The van der Waals surface area contributed by atoms with Gasteiger partial charge in [-0.05, 0) is 43.2 Å². The summed E-state index contributed by atoms with van der Waals surface area (Å²) in [5.74, 6) is -0.455. The van der Waals surface area contributed by atoms with E-state index in [0.29, 0.717) is 0 Å². The van der Waals surface area contributed by atoms with Crippen LogP contribution < -0.4 is 5.32 Å². The lowest BCUT2D eigenvalue weighted by atomic mass is 10.1. The molecule has 0 fully saturated rings. The van der Waals surface area contributed by atoms with Crippen LogP contribution in [-0.2, 0) is 4.79 Å². The molecule has 0 aromatic heterocycles. The molecule has 2 nitrogen and oxygen atoms in total. The average Bonchev–Trinajstić information content (AvgIpc) is 2.47. The predicted molar refractivity (Wildman–Crippen MR) is 83.2 cm³/mol. The SMILES string of the molecule is Cc1ccc(/C=C/C(=O)N[C@@H](C)c2ccc(F)cc2)cc1. The fourth-order valence-corrected chi connectivity index (χ4v) is 1.95. The molecule has 1 atom stereocenters. The highest BCUT2D eigenvalue weighted by molar-refractivity contribution is 5.91. The molecule has 0 saturated carbocycles. The molecule has 0 radical (unpaired) electrons. The van der Waals surface area contributed by atoms with Gasteiger partial charge in [0.15, 0.2) is 0 Å². The number of halogens is 1. The number of rotatable bonds is 4. The minimum Gasteiger partial charge on any atom is -0.346 e. The number of carbonyl (C=O) groups excluding carboxylic acids is 1. The molecule has 0 saturated heterocycles. The summed E-state index contributed by atoms with van der Waals surface area (Å²) in [6, 6.07) is 13.9. The summed E-state index contributed by atoms with van der Waals surface area (Å²) < 4.78 is 12.9. The minimum absolute atomic E-state index is 0.166. The van der Waals surface area contributed by atoms with E-state index >= 15 is 0 Å². The first kappa shape index (κ1) is 15.0. The van der Waals surface area contributed by atoms with E-state index < -0.39 is 0 Å². The van der Waals surface area contributed by atoms with Crippen LogP contribution in [0.5, 0.6) is 0 Å². The van der Waals surface area contributed by atoms with Crippen molar-refractivity contribution in [2.24, 2.45) is 0 Å². The van der Waals surface area contributed by atoms with E-state index in [1.54, 1.807) is 18.2 Å². The molecule has 1 N–H and O–H groups in total. The number of benzene rings is 2. The van der Waals surface area contributed by atoms with Gasteiger partial charge >= 0.3 is 0 Å². The second kappa shape index (κ2) is 6.84. The van der Waals surface area contributed by atoms with Gasteiger partial charge < -0.3 is 5.32 Å². The van der Waals surface area contributed by atoms with Crippen LogP contribution in [0.2, 0.25) is 0 Å². The van der Waals surface area contributed by atoms with Crippen molar-refractivity contribution in [1.82, 2.24) is 5.32 Å². The smallest absolute Gasteiger partial charge is 0.244 e. The third-order valence-corrected chi connectivity index (χ3v) is 3.23. The van der Waals surface area contributed by atoms with E-state index in [1.807, 2.05) is 38.1 Å². The topological polar surface area (TPSA) is 29.1 Å². The first-order chi connectivity index (χ1) is 10.0. The Bertz CT molecular complexity index is 629. The molecule has 0 aliphatic carbocycles. The van der Waals surface area contributed by atoms with Gasteiger partial charge in [-0.2, -0.15) is 0 Å². The standard InChI is InChI=1S/C18H18FNO/c1-13-3-5-15(6-4-13)7-12-18(21)20-14(2)16-8-10-17(19)11-9-16/h3-12,14H,1-2H3,(H,20,21)/b12-7+/t14-/m0/s1. The van der Waals surface area contributed by atoms with Crippen molar-refractivity contribution in [3.8, 4) is 0 Å². The first-order valence-corrected chi connectivity index (χ1v) is 6.85. The zero-order chi connectivity index (χ0) is 15.2. The number of amides is 1. The van der Waals surface area contributed by atoms with Crippen LogP contribution >= 0.6 is 0 Å². The highest BCUT2D eigenvalue weighted by atomic mass is 19.1. The van der Waals surface area contributed by atoms with Gasteiger partial charge in [0.2, 0.25) is 5.91 Å². The minimum atomic E-state index is -0.281. The second-order valence-corrected chi connectivity index (χ2v) is 5.03. The maximum absolute atomic E-state index is 12.9. The van der Waals surface area contributed by atoms with Crippen molar-refractivity contribution in [2.75, 3.05) is 0 Å². The monoisotopic (exact) mass is 283 g/mol. The van der Waals surface area contributed by atoms with E-state index in [4.69, 9.17) is 0 Å². The predicted octanol–water partition coefficient (Wildman–Crippen LogP) is 4.02. The molecule has 2 rings (SSSR count). The lowest BCUT2D eigenvalue weighted by Gasteiger charge is -2.12. The van der Waals surface area contributed by atoms with Gasteiger partial charge in [-0.15, -0.1) is 0 Å². The Morgan fingerprint density at radius 2 is 1.71 bits per heavy atom. The molecule has 0 aliphatic rings. The summed E-state index contributed by atoms with van der Waals surface area (Å²) in [6.45, 7) is 3.88. The Morgan fingerprint density at radius 3 is 2.33 bits per heavy atom. The number of hydrogen-bond donors (Lipinski definition) is 1. The second-order valence-electron chi connectivity index (χ2n) is 5.03. The summed E-state index contributed by atoms with van der Waals surface area (Å²) in [6.07, 6.45) is 3.27. The fourth-order valence-electron chi connectivity index (χ4n) is 1.95. The largest absolute Gasteiger partial charge is 0.346 e. The van der Waals surface area contributed by atoms with Crippen LogP contribution in [0.3, 0.4) is 0 Å². The third kappa shape index (κ3) is 4.56. The lowest BCUT2D eigenvalue weighted by Crippen LogP contribution is -2.24. The van der Waals surface area contributed by atoms with Crippen LogP contribution in [-0.4, -0.2) is 5.91 Å². The van der Waals surface area contributed by atoms with E-state index in [2.05, 4.69) is 5.32 Å². The van der Waals surface area contributed by atoms with Crippen LogP contribution in [0.1, 0.15) is 29.7 Å². The van der Waals surface area contributed by atoms with Crippen molar-refractivity contribution >= 4 is 12.0 Å². The highest BCUT2D eigenvalue weighted by Gasteiger charge is 2.07. The Morgan fingerprint density at radius 1 is 1.10 bits per heavy atom. The van der Waals surface area contributed by atoms with Crippen molar-refractivity contribution in [3.63, 3.8) is 0 Å². The molecular weight excluding hydrogens is 265 g/mol. The molecule has 108 valence electrons. The van der Waals surface area contributed by atoms with Crippen LogP contribution in [0.25, 0.3) is 6.08 Å². The summed E-state index contributed by atoms with van der Waals surface area (Å²) in [7, 11) is 0.